The summed E-state index contributed by atoms with van der Waals surface area (Å²) in [4.78, 5) is 0. The van der Waals surface area contributed by atoms with Crippen LogP contribution in [0.1, 0.15) is 23.0 Å². The van der Waals surface area contributed by atoms with Crippen LogP contribution in [-0.4, -0.2) is 29.8 Å². The maximum absolute atomic E-state index is 6.15. The van der Waals surface area contributed by atoms with Gasteiger partial charge in [0.25, 0.3) is 5.89 Å². The normalized spacial score (nSPS) is 11.4. The van der Waals surface area contributed by atoms with Gasteiger partial charge in [0.05, 0.1) is 26.6 Å². The van der Waals surface area contributed by atoms with Gasteiger partial charge in [-0.25, -0.2) is 0 Å². The zero-order chi connectivity index (χ0) is 16.7. The van der Waals surface area contributed by atoms with Crippen molar-refractivity contribution in [2.24, 2.45) is 7.05 Å². The first-order valence-electron chi connectivity index (χ1n) is 7.09. The molecule has 122 valence electrons. The summed E-state index contributed by atoms with van der Waals surface area (Å²) in [5.41, 5.74) is 3.41. The fraction of sp³-hybridized carbons (Fsp3) is 0.429. The van der Waals surface area contributed by atoms with Crippen LogP contribution in [0.2, 0.25) is 5.02 Å². The minimum absolute atomic E-state index is 0.405. The molecule has 0 aliphatic rings. The molecule has 0 radical (unpaired) electrons. The predicted molar refractivity (Wildman–Crippen MR) is 89.4 cm³/mol. The molecule has 0 spiro atoms. The first-order chi connectivity index (χ1) is 10.9. The van der Waals surface area contributed by atoms with Crippen LogP contribution in [0, 0.1) is 20.8 Å². The van der Waals surface area contributed by atoms with Gasteiger partial charge >= 0.3 is 0 Å². The maximum Gasteiger partial charge on any atom is 0.269 e. The average molecular weight is 400 g/mol. The van der Waals surface area contributed by atoms with E-state index in [1.807, 2.05) is 32.5 Å². The fourth-order valence-electron chi connectivity index (χ4n) is 2.26. The van der Waals surface area contributed by atoms with E-state index >= 15 is 0 Å². The molecule has 0 aromatic carbocycles. The highest BCUT2D eigenvalue weighted by Gasteiger charge is 2.18. The molecule has 0 saturated carbocycles. The molecule has 3 aromatic heterocycles. The second-order valence-corrected chi connectivity index (χ2v) is 6.50. The Labute approximate surface area is 146 Å². The van der Waals surface area contributed by atoms with Crippen molar-refractivity contribution in [1.29, 1.82) is 0 Å². The van der Waals surface area contributed by atoms with Gasteiger partial charge < -0.3 is 4.42 Å². The summed E-state index contributed by atoms with van der Waals surface area (Å²) < 4.78 is 10.2. The molecule has 7 nitrogen and oxygen atoms in total. The lowest BCUT2D eigenvalue weighted by Crippen LogP contribution is -2.05. The zero-order valence-electron chi connectivity index (χ0n) is 13.3. The monoisotopic (exact) mass is 398 g/mol. The van der Waals surface area contributed by atoms with Crippen molar-refractivity contribution < 1.29 is 4.42 Å². The van der Waals surface area contributed by atoms with Gasteiger partial charge in [-0.1, -0.05) is 11.6 Å². The Morgan fingerprint density at radius 1 is 1.13 bits per heavy atom. The van der Waals surface area contributed by atoms with Crippen LogP contribution in [0.3, 0.4) is 0 Å². The molecule has 0 atom stereocenters. The van der Waals surface area contributed by atoms with E-state index in [2.05, 4.69) is 36.3 Å². The number of aromatic nitrogens is 6. The Morgan fingerprint density at radius 3 is 2.43 bits per heavy atom. The topological polar surface area (TPSA) is 74.6 Å². The smallest absolute Gasteiger partial charge is 0.269 e. The summed E-state index contributed by atoms with van der Waals surface area (Å²) in [7, 11) is 1.87. The zero-order valence-corrected chi connectivity index (χ0v) is 15.6. The van der Waals surface area contributed by atoms with Crippen molar-refractivity contribution in [1.82, 2.24) is 29.8 Å². The van der Waals surface area contributed by atoms with Crippen LogP contribution in [0.15, 0.2) is 8.89 Å². The van der Waals surface area contributed by atoms with E-state index in [-0.39, 0.29) is 0 Å². The Bertz CT molecular complexity index is 865. The van der Waals surface area contributed by atoms with Crippen molar-refractivity contribution in [2.75, 3.05) is 0 Å². The highest BCUT2D eigenvalue weighted by molar-refractivity contribution is 9.10. The molecule has 3 aromatic rings. The van der Waals surface area contributed by atoms with Gasteiger partial charge in [0.2, 0.25) is 5.89 Å². The minimum Gasteiger partial charge on any atom is -0.419 e. The second kappa shape index (κ2) is 6.09. The minimum atomic E-state index is 0.405. The van der Waals surface area contributed by atoms with E-state index in [0.29, 0.717) is 35.5 Å². The summed E-state index contributed by atoms with van der Waals surface area (Å²) in [5, 5.41) is 17.6. The first kappa shape index (κ1) is 16.2. The standard InChI is InChI=1S/C14H16BrClN6O/c1-7-12(16)9(3)22(19-7)6-5-10-17-18-14(23-10)13-11(15)8(2)21(4)20-13/h5-6H2,1-4H3. The molecule has 0 aliphatic carbocycles. The molecule has 23 heavy (non-hydrogen) atoms. The van der Waals surface area contributed by atoms with Crippen LogP contribution < -0.4 is 0 Å². The Kier molecular flexibility index (Phi) is 4.29. The Balaban J connectivity index is 1.77. The SMILES string of the molecule is Cc1nn(CCc2nnc(-c3nn(C)c(C)c3Br)o2)c(C)c1Cl. The van der Waals surface area contributed by atoms with Gasteiger partial charge in [0.1, 0.15) is 0 Å². The summed E-state index contributed by atoms with van der Waals surface area (Å²) in [6.45, 7) is 6.42. The number of halogens is 2. The third kappa shape index (κ3) is 2.92. The molecular weight excluding hydrogens is 384 g/mol. The number of hydrogen-bond donors (Lipinski definition) is 0. The lowest BCUT2D eigenvalue weighted by atomic mass is 10.3. The highest BCUT2D eigenvalue weighted by atomic mass is 79.9. The van der Waals surface area contributed by atoms with Gasteiger partial charge in [-0.2, -0.15) is 10.2 Å². The summed E-state index contributed by atoms with van der Waals surface area (Å²) in [6, 6.07) is 0. The summed E-state index contributed by atoms with van der Waals surface area (Å²) in [6.07, 6.45) is 0.578. The van der Waals surface area contributed by atoms with E-state index in [1.54, 1.807) is 4.68 Å². The lowest BCUT2D eigenvalue weighted by Gasteiger charge is -2.01. The molecule has 3 rings (SSSR count). The average Bonchev–Trinajstić information content (AvgIpc) is 3.16. The summed E-state index contributed by atoms with van der Waals surface area (Å²) in [5.74, 6) is 0.945. The predicted octanol–water partition coefficient (Wildman–Crippen LogP) is 3.25. The van der Waals surface area contributed by atoms with Gasteiger partial charge in [0.15, 0.2) is 5.69 Å². The van der Waals surface area contributed by atoms with Crippen molar-refractivity contribution in [3.63, 3.8) is 0 Å². The number of hydrogen-bond acceptors (Lipinski definition) is 5. The van der Waals surface area contributed by atoms with Crippen molar-refractivity contribution in [2.45, 2.75) is 33.7 Å². The van der Waals surface area contributed by atoms with Crippen molar-refractivity contribution in [3.8, 4) is 11.6 Å². The van der Waals surface area contributed by atoms with E-state index in [1.165, 1.54) is 0 Å². The Morgan fingerprint density at radius 2 is 1.87 bits per heavy atom. The third-order valence-electron chi connectivity index (χ3n) is 3.76. The number of nitrogens with zero attached hydrogens (tertiary/aromatic N) is 6. The summed E-state index contributed by atoms with van der Waals surface area (Å²) >= 11 is 9.65. The molecule has 0 N–H and O–H groups in total. The Hall–Kier alpha value is -1.67. The van der Waals surface area contributed by atoms with E-state index < -0.39 is 0 Å². The van der Waals surface area contributed by atoms with Gasteiger partial charge in [-0.05, 0) is 36.7 Å². The highest BCUT2D eigenvalue weighted by Crippen LogP contribution is 2.28. The number of rotatable bonds is 4. The first-order valence-corrected chi connectivity index (χ1v) is 8.27. The number of aryl methyl sites for hydroxylation is 4. The molecule has 0 amide bonds. The van der Waals surface area contributed by atoms with Crippen molar-refractivity contribution in [3.05, 3.63) is 32.5 Å². The van der Waals surface area contributed by atoms with E-state index in [4.69, 9.17) is 16.0 Å². The quantitative estimate of drug-likeness (QED) is 0.673. The molecule has 0 bridgehead atoms. The van der Waals surface area contributed by atoms with Gasteiger partial charge in [0, 0.05) is 20.0 Å². The molecule has 0 aliphatic heterocycles. The largest absolute Gasteiger partial charge is 0.419 e. The van der Waals surface area contributed by atoms with Crippen molar-refractivity contribution >= 4 is 27.5 Å². The van der Waals surface area contributed by atoms with Gasteiger partial charge in [-0.3, -0.25) is 9.36 Å². The third-order valence-corrected chi connectivity index (χ3v) is 5.26. The molecule has 3 heterocycles. The molecule has 9 heteroatoms. The lowest BCUT2D eigenvalue weighted by molar-refractivity contribution is 0.470. The van der Waals surface area contributed by atoms with Crippen LogP contribution in [0.4, 0.5) is 0 Å². The van der Waals surface area contributed by atoms with E-state index in [9.17, 15) is 0 Å². The molecular formula is C14H16BrClN6O. The second-order valence-electron chi connectivity index (χ2n) is 5.33. The molecule has 0 unspecified atom stereocenters. The van der Waals surface area contributed by atoms with Crippen LogP contribution in [0.5, 0.6) is 0 Å². The van der Waals surface area contributed by atoms with Crippen LogP contribution in [-0.2, 0) is 20.0 Å². The van der Waals surface area contributed by atoms with Crippen LogP contribution >= 0.6 is 27.5 Å². The van der Waals surface area contributed by atoms with Gasteiger partial charge in [-0.15, -0.1) is 10.2 Å². The molecule has 0 saturated heterocycles. The van der Waals surface area contributed by atoms with Crippen LogP contribution in [0.25, 0.3) is 11.6 Å². The molecule has 0 fully saturated rings. The maximum atomic E-state index is 6.15. The van der Waals surface area contributed by atoms with E-state index in [0.717, 1.165) is 21.6 Å². The fourth-order valence-corrected chi connectivity index (χ4v) is 2.90.